The number of rotatable bonds is 1. The minimum atomic E-state index is -1.40. The summed E-state index contributed by atoms with van der Waals surface area (Å²) in [6.45, 7) is 0. The average molecular weight is 175 g/mol. The lowest BCUT2D eigenvalue weighted by atomic mass is 9.79. The standard InChI is InChI=1S/C9H10BNO2/c11-9-4-1-6-5-7(10(12)13)2-3-8(6)9/h2-3,5,11-13H,1,4H2. The molecule has 3 nitrogen and oxygen atoms in total. The molecule has 0 amide bonds. The van der Waals surface area contributed by atoms with Crippen molar-refractivity contribution in [3.05, 3.63) is 29.3 Å². The first-order valence-corrected chi connectivity index (χ1v) is 4.25. The molecule has 2 rings (SSSR count). The van der Waals surface area contributed by atoms with Gasteiger partial charge in [0, 0.05) is 5.71 Å². The summed E-state index contributed by atoms with van der Waals surface area (Å²) in [5, 5.41) is 25.4. The van der Waals surface area contributed by atoms with Crippen LogP contribution in [0.2, 0.25) is 0 Å². The van der Waals surface area contributed by atoms with Crippen molar-refractivity contribution in [3.8, 4) is 0 Å². The highest BCUT2D eigenvalue weighted by Crippen LogP contribution is 2.20. The van der Waals surface area contributed by atoms with E-state index in [1.807, 2.05) is 0 Å². The van der Waals surface area contributed by atoms with Gasteiger partial charge in [-0.1, -0.05) is 18.2 Å². The molecule has 13 heavy (non-hydrogen) atoms. The fraction of sp³-hybridized carbons (Fsp3) is 0.222. The van der Waals surface area contributed by atoms with Crippen molar-refractivity contribution in [2.45, 2.75) is 12.8 Å². The van der Waals surface area contributed by atoms with E-state index in [9.17, 15) is 0 Å². The molecule has 1 aromatic rings. The average Bonchev–Trinajstić information content (AvgIpc) is 2.47. The molecular formula is C9H10BNO2. The van der Waals surface area contributed by atoms with E-state index in [4.69, 9.17) is 15.5 Å². The summed E-state index contributed by atoms with van der Waals surface area (Å²) in [6.07, 6.45) is 1.61. The molecule has 0 atom stereocenters. The van der Waals surface area contributed by atoms with Crippen LogP contribution in [0.1, 0.15) is 17.5 Å². The first-order chi connectivity index (χ1) is 6.18. The van der Waals surface area contributed by atoms with E-state index in [-0.39, 0.29) is 0 Å². The monoisotopic (exact) mass is 175 g/mol. The Morgan fingerprint density at radius 3 is 2.69 bits per heavy atom. The number of benzene rings is 1. The lowest BCUT2D eigenvalue weighted by Crippen LogP contribution is -2.30. The molecule has 0 aromatic heterocycles. The molecular weight excluding hydrogens is 165 g/mol. The van der Waals surface area contributed by atoms with Crippen LogP contribution < -0.4 is 5.46 Å². The van der Waals surface area contributed by atoms with Gasteiger partial charge in [0.2, 0.25) is 0 Å². The van der Waals surface area contributed by atoms with Crippen LogP contribution in [0.15, 0.2) is 18.2 Å². The Morgan fingerprint density at radius 2 is 2.00 bits per heavy atom. The highest BCUT2D eigenvalue weighted by Gasteiger charge is 2.19. The zero-order valence-electron chi connectivity index (χ0n) is 7.12. The summed E-state index contributed by atoms with van der Waals surface area (Å²) in [5.41, 5.74) is 3.16. The molecule has 0 fully saturated rings. The molecule has 4 heteroatoms. The van der Waals surface area contributed by atoms with E-state index >= 15 is 0 Å². The van der Waals surface area contributed by atoms with Crippen molar-refractivity contribution >= 4 is 18.3 Å². The number of fused-ring (bicyclic) bond motifs is 1. The second-order valence-corrected chi connectivity index (χ2v) is 3.27. The van der Waals surface area contributed by atoms with E-state index in [0.29, 0.717) is 11.2 Å². The van der Waals surface area contributed by atoms with Crippen LogP contribution in [-0.4, -0.2) is 22.9 Å². The van der Waals surface area contributed by atoms with E-state index < -0.39 is 7.12 Å². The van der Waals surface area contributed by atoms with Crippen LogP contribution in [-0.2, 0) is 6.42 Å². The van der Waals surface area contributed by atoms with Crippen LogP contribution in [0.5, 0.6) is 0 Å². The molecule has 3 N–H and O–H groups in total. The predicted octanol–water partition coefficient (Wildman–Crippen LogP) is -0.320. The molecule has 66 valence electrons. The van der Waals surface area contributed by atoms with Gasteiger partial charge in [0.1, 0.15) is 0 Å². The quantitative estimate of drug-likeness (QED) is 0.512. The summed E-state index contributed by atoms with van der Waals surface area (Å²) in [5.74, 6) is 0. The van der Waals surface area contributed by atoms with E-state index in [0.717, 1.165) is 24.0 Å². The van der Waals surface area contributed by atoms with Crippen LogP contribution >= 0.6 is 0 Å². The Kier molecular flexibility index (Phi) is 1.94. The largest absolute Gasteiger partial charge is 0.488 e. The van der Waals surface area contributed by atoms with Crippen molar-refractivity contribution in [1.29, 1.82) is 5.41 Å². The van der Waals surface area contributed by atoms with Gasteiger partial charge in [-0.05, 0) is 29.4 Å². The molecule has 1 aliphatic rings. The van der Waals surface area contributed by atoms with Gasteiger partial charge in [0.25, 0.3) is 0 Å². The summed E-state index contributed by atoms with van der Waals surface area (Å²) in [6, 6.07) is 5.21. The first kappa shape index (κ1) is 8.47. The van der Waals surface area contributed by atoms with Gasteiger partial charge < -0.3 is 15.5 Å². The Bertz CT molecular complexity index is 363. The van der Waals surface area contributed by atoms with Crippen molar-refractivity contribution in [1.82, 2.24) is 0 Å². The first-order valence-electron chi connectivity index (χ1n) is 4.25. The SMILES string of the molecule is N=C1CCc2cc(B(O)O)ccc21. The summed E-state index contributed by atoms with van der Waals surface area (Å²) < 4.78 is 0. The van der Waals surface area contributed by atoms with E-state index in [1.54, 1.807) is 18.2 Å². The minimum Gasteiger partial charge on any atom is -0.423 e. The Morgan fingerprint density at radius 1 is 1.23 bits per heavy atom. The maximum atomic E-state index is 8.92. The molecule has 0 bridgehead atoms. The summed E-state index contributed by atoms with van der Waals surface area (Å²) in [7, 11) is -1.40. The normalized spacial score (nSPS) is 14.5. The second-order valence-electron chi connectivity index (χ2n) is 3.27. The number of hydrogen-bond acceptors (Lipinski definition) is 3. The molecule has 0 saturated carbocycles. The summed E-state index contributed by atoms with van der Waals surface area (Å²) >= 11 is 0. The molecule has 0 unspecified atom stereocenters. The molecule has 0 aliphatic heterocycles. The van der Waals surface area contributed by atoms with Crippen molar-refractivity contribution < 1.29 is 10.0 Å². The van der Waals surface area contributed by atoms with Gasteiger partial charge in [-0.3, -0.25) is 0 Å². The molecule has 1 aliphatic carbocycles. The highest BCUT2D eigenvalue weighted by atomic mass is 16.4. The van der Waals surface area contributed by atoms with Crippen molar-refractivity contribution in [3.63, 3.8) is 0 Å². The second kappa shape index (κ2) is 2.98. The van der Waals surface area contributed by atoms with Crippen LogP contribution in [0.25, 0.3) is 0 Å². The van der Waals surface area contributed by atoms with E-state index in [2.05, 4.69) is 0 Å². The summed E-state index contributed by atoms with van der Waals surface area (Å²) in [4.78, 5) is 0. The molecule has 0 radical (unpaired) electrons. The fourth-order valence-corrected chi connectivity index (χ4v) is 1.67. The van der Waals surface area contributed by atoms with Crippen LogP contribution in [0, 0.1) is 5.41 Å². The fourth-order valence-electron chi connectivity index (χ4n) is 1.67. The maximum Gasteiger partial charge on any atom is 0.488 e. The van der Waals surface area contributed by atoms with E-state index in [1.165, 1.54) is 0 Å². The Labute approximate surface area is 76.7 Å². The molecule has 0 saturated heterocycles. The lowest BCUT2D eigenvalue weighted by molar-refractivity contribution is 0.425. The third-order valence-electron chi connectivity index (χ3n) is 2.40. The smallest absolute Gasteiger partial charge is 0.423 e. The Hall–Kier alpha value is -1.13. The van der Waals surface area contributed by atoms with Gasteiger partial charge in [-0.25, -0.2) is 0 Å². The van der Waals surface area contributed by atoms with Crippen molar-refractivity contribution in [2.75, 3.05) is 0 Å². The lowest BCUT2D eigenvalue weighted by Gasteiger charge is -2.02. The van der Waals surface area contributed by atoms with Crippen LogP contribution in [0.4, 0.5) is 0 Å². The highest BCUT2D eigenvalue weighted by molar-refractivity contribution is 6.58. The van der Waals surface area contributed by atoms with Gasteiger partial charge in [-0.2, -0.15) is 0 Å². The third kappa shape index (κ3) is 1.38. The van der Waals surface area contributed by atoms with Crippen molar-refractivity contribution in [2.24, 2.45) is 0 Å². The van der Waals surface area contributed by atoms with Crippen LogP contribution in [0.3, 0.4) is 0 Å². The minimum absolute atomic E-state index is 0.508. The third-order valence-corrected chi connectivity index (χ3v) is 2.40. The topological polar surface area (TPSA) is 64.3 Å². The van der Waals surface area contributed by atoms with Gasteiger partial charge in [0.05, 0.1) is 0 Å². The number of hydrogen-bond donors (Lipinski definition) is 3. The molecule has 0 heterocycles. The predicted molar refractivity (Wildman–Crippen MR) is 51.4 cm³/mol. The molecule has 0 spiro atoms. The van der Waals surface area contributed by atoms with Gasteiger partial charge in [-0.15, -0.1) is 0 Å². The number of aryl methyl sites for hydroxylation is 1. The van der Waals surface area contributed by atoms with Gasteiger partial charge >= 0.3 is 7.12 Å². The molecule has 1 aromatic carbocycles. The Balaban J connectivity index is 2.45. The zero-order valence-corrected chi connectivity index (χ0v) is 7.12. The van der Waals surface area contributed by atoms with Gasteiger partial charge in [0.15, 0.2) is 0 Å². The number of nitrogens with one attached hydrogen (secondary N) is 1. The maximum absolute atomic E-state index is 8.92. The zero-order chi connectivity index (χ0) is 9.42.